The van der Waals surface area contributed by atoms with E-state index in [4.69, 9.17) is 10.5 Å². The summed E-state index contributed by atoms with van der Waals surface area (Å²) in [4.78, 5) is 11.2. The molecule has 0 aromatic rings. The van der Waals surface area contributed by atoms with Gasteiger partial charge in [-0.25, -0.2) is 8.42 Å². The smallest absolute Gasteiger partial charge is 0.235 e. The summed E-state index contributed by atoms with van der Waals surface area (Å²) in [5.74, 6) is -0.956. The van der Waals surface area contributed by atoms with Crippen LogP contribution in [0, 0.1) is 0 Å². The normalized spacial score (nSPS) is 11.4. The van der Waals surface area contributed by atoms with E-state index in [1.807, 2.05) is 0 Å². The lowest BCUT2D eigenvalue weighted by molar-refractivity contribution is -0.118. The van der Waals surface area contributed by atoms with Crippen LogP contribution < -0.4 is 11.1 Å². The van der Waals surface area contributed by atoms with Crippen LogP contribution in [0.4, 0.5) is 0 Å². The minimum atomic E-state index is -3.31. The fourth-order valence-electron chi connectivity index (χ4n) is 1.07. The molecule has 0 bridgehead atoms. The molecule has 0 heterocycles. The molecule has 0 saturated heterocycles. The molecule has 0 radical (unpaired) electrons. The Hall–Kier alpha value is -0.660. The number of carbonyl (C=O) groups is 1. The van der Waals surface area contributed by atoms with Gasteiger partial charge < -0.3 is 15.8 Å². The number of hydrogen-bond acceptors (Lipinski definition) is 5. The standard InChI is InChI=1S/C9H20N2O4S/c1-15-6-3-5-11-9(12)8-16(13,14)7-2-4-10/h2-8,10H2,1H3,(H,11,12). The van der Waals surface area contributed by atoms with E-state index in [0.29, 0.717) is 32.5 Å². The average molecular weight is 252 g/mol. The molecule has 0 rings (SSSR count). The second kappa shape index (κ2) is 8.49. The van der Waals surface area contributed by atoms with Crippen LogP contribution in [0.3, 0.4) is 0 Å². The highest BCUT2D eigenvalue weighted by molar-refractivity contribution is 7.92. The molecule has 0 unspecified atom stereocenters. The Kier molecular flexibility index (Phi) is 8.14. The zero-order chi connectivity index (χ0) is 12.4. The van der Waals surface area contributed by atoms with E-state index in [1.54, 1.807) is 7.11 Å². The molecule has 0 aliphatic rings. The van der Waals surface area contributed by atoms with E-state index < -0.39 is 21.5 Å². The molecule has 96 valence electrons. The third-order valence-electron chi connectivity index (χ3n) is 1.86. The Morgan fingerprint density at radius 3 is 2.62 bits per heavy atom. The van der Waals surface area contributed by atoms with Gasteiger partial charge in [0.15, 0.2) is 9.84 Å². The van der Waals surface area contributed by atoms with Crippen molar-refractivity contribution in [3.8, 4) is 0 Å². The fourth-order valence-corrected chi connectivity index (χ4v) is 2.32. The number of sulfone groups is 1. The van der Waals surface area contributed by atoms with Crippen LogP contribution in [-0.2, 0) is 19.4 Å². The molecule has 0 aliphatic carbocycles. The summed E-state index contributed by atoms with van der Waals surface area (Å²) in [6, 6.07) is 0. The topological polar surface area (TPSA) is 98.5 Å². The summed E-state index contributed by atoms with van der Waals surface area (Å²) >= 11 is 0. The summed E-state index contributed by atoms with van der Waals surface area (Å²) in [7, 11) is -1.74. The molecule has 1 amide bonds. The van der Waals surface area contributed by atoms with Crippen molar-refractivity contribution in [2.45, 2.75) is 12.8 Å². The van der Waals surface area contributed by atoms with Gasteiger partial charge in [-0.3, -0.25) is 4.79 Å². The maximum absolute atomic E-state index is 11.3. The van der Waals surface area contributed by atoms with Crippen molar-refractivity contribution in [3.63, 3.8) is 0 Å². The van der Waals surface area contributed by atoms with Crippen LogP contribution in [-0.4, -0.2) is 52.6 Å². The Labute approximate surface area is 96.4 Å². The number of methoxy groups -OCH3 is 1. The maximum atomic E-state index is 11.3. The fraction of sp³-hybridized carbons (Fsp3) is 0.889. The summed E-state index contributed by atoms with van der Waals surface area (Å²) in [6.45, 7) is 1.29. The van der Waals surface area contributed by atoms with Crippen LogP contribution in [0.5, 0.6) is 0 Å². The third-order valence-corrected chi connectivity index (χ3v) is 3.47. The highest BCUT2D eigenvalue weighted by Crippen LogP contribution is 1.93. The van der Waals surface area contributed by atoms with Crippen LogP contribution >= 0.6 is 0 Å². The SMILES string of the molecule is COCCCNC(=O)CS(=O)(=O)CCCN. The minimum absolute atomic E-state index is 0.0327. The molecule has 6 nitrogen and oxygen atoms in total. The first-order valence-corrected chi connectivity index (χ1v) is 7.00. The third kappa shape index (κ3) is 8.63. The minimum Gasteiger partial charge on any atom is -0.385 e. The molecule has 0 aromatic heterocycles. The number of ether oxygens (including phenoxy) is 1. The molecule has 0 spiro atoms. The lowest BCUT2D eigenvalue weighted by Crippen LogP contribution is -2.32. The largest absolute Gasteiger partial charge is 0.385 e. The van der Waals surface area contributed by atoms with Crippen molar-refractivity contribution in [1.29, 1.82) is 0 Å². The lowest BCUT2D eigenvalue weighted by Gasteiger charge is -2.05. The summed E-state index contributed by atoms with van der Waals surface area (Å²) in [5.41, 5.74) is 5.20. The van der Waals surface area contributed by atoms with E-state index in [1.165, 1.54) is 0 Å². The van der Waals surface area contributed by atoms with Crippen molar-refractivity contribution < 1.29 is 17.9 Å². The van der Waals surface area contributed by atoms with Gasteiger partial charge in [-0.15, -0.1) is 0 Å². The van der Waals surface area contributed by atoms with Gasteiger partial charge in [0, 0.05) is 20.3 Å². The van der Waals surface area contributed by atoms with E-state index in [9.17, 15) is 13.2 Å². The summed E-state index contributed by atoms with van der Waals surface area (Å²) < 4.78 is 27.5. The van der Waals surface area contributed by atoms with Crippen LogP contribution in [0.2, 0.25) is 0 Å². The predicted octanol–water partition coefficient (Wildman–Crippen LogP) is -1.10. The summed E-state index contributed by atoms with van der Waals surface area (Å²) in [6.07, 6.45) is 1.06. The van der Waals surface area contributed by atoms with E-state index >= 15 is 0 Å². The van der Waals surface area contributed by atoms with Gasteiger partial charge in [-0.2, -0.15) is 0 Å². The highest BCUT2D eigenvalue weighted by atomic mass is 32.2. The molecular weight excluding hydrogens is 232 g/mol. The van der Waals surface area contributed by atoms with Gasteiger partial charge in [-0.05, 0) is 19.4 Å². The first-order chi connectivity index (χ1) is 7.52. The average Bonchev–Trinajstić information content (AvgIpc) is 2.21. The Balaban J connectivity index is 3.77. The quantitative estimate of drug-likeness (QED) is 0.508. The van der Waals surface area contributed by atoms with Crippen molar-refractivity contribution in [3.05, 3.63) is 0 Å². The van der Waals surface area contributed by atoms with Gasteiger partial charge in [0.25, 0.3) is 0 Å². The molecule has 0 saturated carbocycles. The zero-order valence-electron chi connectivity index (χ0n) is 9.57. The predicted molar refractivity (Wildman–Crippen MR) is 61.8 cm³/mol. The highest BCUT2D eigenvalue weighted by Gasteiger charge is 2.15. The molecule has 0 aromatic carbocycles. The lowest BCUT2D eigenvalue weighted by atomic mass is 10.4. The Bertz CT molecular complexity index is 290. The second-order valence-electron chi connectivity index (χ2n) is 3.43. The van der Waals surface area contributed by atoms with E-state index in [0.717, 1.165) is 0 Å². The van der Waals surface area contributed by atoms with Crippen LogP contribution in [0.25, 0.3) is 0 Å². The monoisotopic (exact) mass is 252 g/mol. The first-order valence-electron chi connectivity index (χ1n) is 5.18. The zero-order valence-corrected chi connectivity index (χ0v) is 10.4. The molecule has 3 N–H and O–H groups in total. The number of amides is 1. The van der Waals surface area contributed by atoms with Gasteiger partial charge in [0.05, 0.1) is 5.75 Å². The van der Waals surface area contributed by atoms with E-state index in [-0.39, 0.29) is 5.75 Å². The Morgan fingerprint density at radius 1 is 1.38 bits per heavy atom. The number of rotatable bonds is 9. The number of nitrogens with one attached hydrogen (secondary N) is 1. The number of carbonyl (C=O) groups excluding carboxylic acids is 1. The molecule has 7 heteroatoms. The van der Waals surface area contributed by atoms with Crippen molar-refractivity contribution >= 4 is 15.7 Å². The Morgan fingerprint density at radius 2 is 2.06 bits per heavy atom. The summed E-state index contributed by atoms with van der Waals surface area (Å²) in [5, 5.41) is 2.52. The molecule has 0 aliphatic heterocycles. The number of hydrogen-bond donors (Lipinski definition) is 2. The molecule has 0 atom stereocenters. The maximum Gasteiger partial charge on any atom is 0.235 e. The first kappa shape index (κ1) is 15.3. The van der Waals surface area contributed by atoms with Crippen LogP contribution in [0.15, 0.2) is 0 Å². The van der Waals surface area contributed by atoms with Crippen molar-refractivity contribution in [2.24, 2.45) is 5.73 Å². The molecule has 0 fully saturated rings. The van der Waals surface area contributed by atoms with Gasteiger partial charge >= 0.3 is 0 Å². The van der Waals surface area contributed by atoms with Crippen LogP contribution in [0.1, 0.15) is 12.8 Å². The van der Waals surface area contributed by atoms with Gasteiger partial charge in [0.2, 0.25) is 5.91 Å². The van der Waals surface area contributed by atoms with Gasteiger partial charge in [0.1, 0.15) is 5.75 Å². The van der Waals surface area contributed by atoms with Crippen molar-refractivity contribution in [2.75, 3.05) is 38.3 Å². The molecule has 16 heavy (non-hydrogen) atoms. The van der Waals surface area contributed by atoms with Crippen molar-refractivity contribution in [1.82, 2.24) is 5.32 Å². The number of nitrogens with two attached hydrogens (primary N) is 1. The van der Waals surface area contributed by atoms with E-state index in [2.05, 4.69) is 5.32 Å². The van der Waals surface area contributed by atoms with Gasteiger partial charge in [-0.1, -0.05) is 0 Å². The second-order valence-corrected chi connectivity index (χ2v) is 5.61. The molecular formula is C9H20N2O4S.